The Kier molecular flexibility index (Phi) is 6.40. The molecule has 36 heavy (non-hydrogen) atoms. The van der Waals surface area contributed by atoms with Crippen molar-refractivity contribution in [2.24, 2.45) is 0 Å². The van der Waals surface area contributed by atoms with Crippen molar-refractivity contribution in [3.63, 3.8) is 0 Å². The fourth-order valence-electron chi connectivity index (χ4n) is 5.14. The number of nitrogens with zero attached hydrogens (tertiary/aromatic N) is 1. The number of carbonyl (C=O) groups excluding carboxylic acids is 2. The smallest absolute Gasteiger partial charge is 0.295 e. The van der Waals surface area contributed by atoms with Gasteiger partial charge in [-0.2, -0.15) is 0 Å². The molecule has 0 spiro atoms. The summed E-state index contributed by atoms with van der Waals surface area (Å²) in [6, 6.07) is 22.7. The van der Waals surface area contributed by atoms with Gasteiger partial charge in [-0.1, -0.05) is 68.4 Å². The van der Waals surface area contributed by atoms with Crippen molar-refractivity contribution < 1.29 is 19.4 Å². The van der Waals surface area contributed by atoms with E-state index in [0.717, 1.165) is 28.9 Å². The van der Waals surface area contributed by atoms with Crippen LogP contribution in [0, 0.1) is 0 Å². The minimum Gasteiger partial charge on any atom is -0.507 e. The highest BCUT2D eigenvalue weighted by Gasteiger charge is 2.46. The van der Waals surface area contributed by atoms with Crippen LogP contribution in [0.2, 0.25) is 0 Å². The van der Waals surface area contributed by atoms with Gasteiger partial charge in [-0.15, -0.1) is 0 Å². The van der Waals surface area contributed by atoms with Gasteiger partial charge in [0.05, 0.1) is 11.6 Å². The maximum Gasteiger partial charge on any atom is 0.295 e. The summed E-state index contributed by atoms with van der Waals surface area (Å²) in [4.78, 5) is 28.2. The van der Waals surface area contributed by atoms with Gasteiger partial charge in [0.1, 0.15) is 17.6 Å². The third-order valence-electron chi connectivity index (χ3n) is 7.11. The zero-order chi connectivity index (χ0) is 25.4. The van der Waals surface area contributed by atoms with Crippen LogP contribution in [0.3, 0.4) is 0 Å². The van der Waals surface area contributed by atoms with E-state index in [1.165, 1.54) is 5.56 Å². The van der Waals surface area contributed by atoms with E-state index in [2.05, 4.69) is 13.8 Å². The van der Waals surface area contributed by atoms with E-state index in [0.29, 0.717) is 24.4 Å². The first-order valence-electron chi connectivity index (χ1n) is 12.6. The Bertz CT molecular complexity index is 1320. The predicted molar refractivity (Wildman–Crippen MR) is 140 cm³/mol. The molecule has 2 aliphatic heterocycles. The van der Waals surface area contributed by atoms with Crippen LogP contribution in [0.5, 0.6) is 5.75 Å². The third kappa shape index (κ3) is 4.41. The van der Waals surface area contributed by atoms with E-state index < -0.39 is 17.7 Å². The summed E-state index contributed by atoms with van der Waals surface area (Å²) in [6.45, 7) is 6.62. The number of hydrogen-bond acceptors (Lipinski definition) is 4. The molecule has 0 bridgehead atoms. The van der Waals surface area contributed by atoms with Crippen LogP contribution in [-0.4, -0.2) is 34.3 Å². The molecule has 1 fully saturated rings. The second kappa shape index (κ2) is 9.65. The monoisotopic (exact) mass is 481 g/mol. The molecule has 2 heterocycles. The highest BCUT2D eigenvalue weighted by Crippen LogP contribution is 2.41. The number of carbonyl (C=O) groups is 2. The average molecular weight is 482 g/mol. The molecule has 0 radical (unpaired) electrons. The second-order valence-electron chi connectivity index (χ2n) is 10.0. The zero-order valence-electron chi connectivity index (χ0n) is 20.9. The highest BCUT2D eigenvalue weighted by atomic mass is 16.5. The largest absolute Gasteiger partial charge is 0.507 e. The summed E-state index contributed by atoms with van der Waals surface area (Å²) >= 11 is 0. The van der Waals surface area contributed by atoms with Gasteiger partial charge in [-0.05, 0) is 59.7 Å². The molecule has 3 aromatic carbocycles. The van der Waals surface area contributed by atoms with E-state index in [1.54, 1.807) is 11.0 Å². The molecule has 1 amide bonds. The summed E-state index contributed by atoms with van der Waals surface area (Å²) < 4.78 is 5.79. The van der Waals surface area contributed by atoms with E-state index >= 15 is 0 Å². The standard InChI is InChI=1S/C31H31NO4/c1-19(2)22-9-11-23(12-10-22)28-27(29(33)24-13-14-26-25(18-24)17-20(3)36-26)30(34)31(35)32(28)16-15-21-7-5-4-6-8-21/h4-14,18-20,28,33H,15-17H2,1-3H3. The van der Waals surface area contributed by atoms with Crippen LogP contribution < -0.4 is 4.74 Å². The topological polar surface area (TPSA) is 66.8 Å². The lowest BCUT2D eigenvalue weighted by atomic mass is 9.92. The maximum atomic E-state index is 13.4. The van der Waals surface area contributed by atoms with Crippen molar-refractivity contribution in [2.75, 3.05) is 6.54 Å². The summed E-state index contributed by atoms with van der Waals surface area (Å²) in [6.07, 6.45) is 1.42. The number of benzene rings is 3. The van der Waals surface area contributed by atoms with Crippen LogP contribution in [0.15, 0.2) is 78.4 Å². The molecule has 2 unspecified atom stereocenters. The fourth-order valence-corrected chi connectivity index (χ4v) is 5.14. The molecular weight excluding hydrogens is 450 g/mol. The molecule has 1 N–H and O–H groups in total. The number of likely N-dealkylation sites (tertiary alicyclic amines) is 1. The number of aliphatic hydroxyl groups is 1. The molecule has 0 saturated carbocycles. The lowest BCUT2D eigenvalue weighted by molar-refractivity contribution is -0.139. The minimum absolute atomic E-state index is 0.0698. The zero-order valence-corrected chi connectivity index (χ0v) is 20.9. The van der Waals surface area contributed by atoms with Crippen LogP contribution in [0.4, 0.5) is 0 Å². The van der Waals surface area contributed by atoms with Gasteiger partial charge in [0, 0.05) is 18.5 Å². The fraction of sp³-hybridized carbons (Fsp3) is 0.290. The molecule has 2 aliphatic rings. The Hall–Kier alpha value is -3.86. The summed E-state index contributed by atoms with van der Waals surface area (Å²) in [5.74, 6) is -0.217. The second-order valence-corrected chi connectivity index (χ2v) is 10.0. The molecule has 0 aliphatic carbocycles. The van der Waals surface area contributed by atoms with E-state index in [4.69, 9.17) is 4.74 Å². The summed E-state index contributed by atoms with van der Waals surface area (Å²) in [5, 5.41) is 11.4. The number of hydrogen-bond donors (Lipinski definition) is 1. The van der Waals surface area contributed by atoms with Gasteiger partial charge >= 0.3 is 0 Å². The first-order chi connectivity index (χ1) is 17.3. The predicted octanol–water partition coefficient (Wildman–Crippen LogP) is 5.80. The highest BCUT2D eigenvalue weighted by molar-refractivity contribution is 6.46. The minimum atomic E-state index is -0.654. The van der Waals surface area contributed by atoms with E-state index in [9.17, 15) is 14.7 Å². The lowest BCUT2D eigenvalue weighted by Crippen LogP contribution is -2.31. The number of rotatable bonds is 6. The lowest BCUT2D eigenvalue weighted by Gasteiger charge is -2.26. The molecule has 184 valence electrons. The Morgan fingerprint density at radius 2 is 1.75 bits per heavy atom. The number of ether oxygens (including phenoxy) is 1. The molecule has 5 nitrogen and oxygen atoms in total. The number of aliphatic hydroxyl groups excluding tert-OH is 1. The van der Waals surface area contributed by atoms with E-state index in [-0.39, 0.29) is 17.4 Å². The Balaban J connectivity index is 1.57. The quantitative estimate of drug-likeness (QED) is 0.275. The summed E-state index contributed by atoms with van der Waals surface area (Å²) in [5.41, 5.74) is 4.72. The van der Waals surface area contributed by atoms with Crippen LogP contribution in [-0.2, 0) is 22.4 Å². The van der Waals surface area contributed by atoms with Crippen molar-refractivity contribution >= 4 is 17.4 Å². The molecule has 2 atom stereocenters. The van der Waals surface area contributed by atoms with Gasteiger partial charge in [0.25, 0.3) is 11.7 Å². The van der Waals surface area contributed by atoms with Crippen molar-refractivity contribution in [3.05, 3.63) is 106 Å². The SMILES string of the molecule is CC1Cc2cc(C(O)=C3C(=O)C(=O)N(CCc4ccccc4)C3c3ccc(C(C)C)cc3)ccc2O1. The van der Waals surface area contributed by atoms with Gasteiger partial charge in [-0.25, -0.2) is 0 Å². The molecular formula is C31H31NO4. The van der Waals surface area contributed by atoms with Crippen LogP contribution in [0.25, 0.3) is 5.76 Å². The first kappa shape index (κ1) is 23.9. The molecule has 3 aromatic rings. The van der Waals surface area contributed by atoms with Crippen LogP contribution in [0.1, 0.15) is 60.5 Å². The molecule has 5 heteroatoms. The first-order valence-corrected chi connectivity index (χ1v) is 12.6. The van der Waals surface area contributed by atoms with Crippen molar-refractivity contribution in [3.8, 4) is 5.75 Å². The Labute approximate surface area is 212 Å². The van der Waals surface area contributed by atoms with Gasteiger partial charge in [0.15, 0.2) is 0 Å². The Morgan fingerprint density at radius 1 is 1.03 bits per heavy atom. The van der Waals surface area contributed by atoms with Crippen molar-refractivity contribution in [2.45, 2.75) is 51.7 Å². The van der Waals surface area contributed by atoms with Gasteiger partial charge in [-0.3, -0.25) is 9.59 Å². The third-order valence-corrected chi connectivity index (χ3v) is 7.11. The molecule has 1 saturated heterocycles. The molecule has 5 rings (SSSR count). The van der Waals surface area contributed by atoms with Gasteiger partial charge in [0.2, 0.25) is 0 Å². The van der Waals surface area contributed by atoms with E-state index in [1.807, 2.05) is 73.7 Å². The van der Waals surface area contributed by atoms with Crippen molar-refractivity contribution in [1.82, 2.24) is 4.90 Å². The average Bonchev–Trinajstić information content (AvgIpc) is 3.38. The van der Waals surface area contributed by atoms with Crippen molar-refractivity contribution in [1.29, 1.82) is 0 Å². The number of Topliss-reactive ketones (excluding diaryl/α,β-unsaturated/α-hetero) is 1. The maximum absolute atomic E-state index is 13.4. The molecule has 0 aromatic heterocycles. The number of fused-ring (bicyclic) bond motifs is 1. The van der Waals surface area contributed by atoms with Crippen LogP contribution >= 0.6 is 0 Å². The number of ketones is 1. The van der Waals surface area contributed by atoms with Gasteiger partial charge < -0.3 is 14.7 Å². The number of amides is 1. The normalized spacial score (nSPS) is 20.6. The Morgan fingerprint density at radius 3 is 2.44 bits per heavy atom. The summed E-state index contributed by atoms with van der Waals surface area (Å²) in [7, 11) is 0.